The quantitative estimate of drug-likeness (QED) is 0.888. The predicted molar refractivity (Wildman–Crippen MR) is 72.4 cm³/mol. The standard InChI is InChI=1S/C12H11BrClNO4/c13-7-1-2-9(14)8(5-7)11(16)15-3-4-19-6-10(15)12(17)18/h1-2,5,10H,3-4,6H2,(H,17,18)/t10-/m0/s1. The molecule has 7 heteroatoms. The maximum atomic E-state index is 12.4. The summed E-state index contributed by atoms with van der Waals surface area (Å²) in [6, 6.07) is 3.91. The molecule has 0 spiro atoms. The largest absolute Gasteiger partial charge is 0.480 e. The van der Waals surface area contributed by atoms with Crippen LogP contribution in [-0.4, -0.2) is 47.7 Å². The van der Waals surface area contributed by atoms with Crippen molar-refractivity contribution in [3.8, 4) is 0 Å². The smallest absolute Gasteiger partial charge is 0.328 e. The van der Waals surface area contributed by atoms with Gasteiger partial charge in [0, 0.05) is 11.0 Å². The zero-order valence-electron chi connectivity index (χ0n) is 9.81. The normalized spacial score (nSPS) is 19.3. The highest BCUT2D eigenvalue weighted by Gasteiger charge is 2.33. The molecule has 0 unspecified atom stereocenters. The summed E-state index contributed by atoms with van der Waals surface area (Å²) in [7, 11) is 0. The Morgan fingerprint density at radius 3 is 2.89 bits per heavy atom. The van der Waals surface area contributed by atoms with Gasteiger partial charge in [-0.1, -0.05) is 27.5 Å². The summed E-state index contributed by atoms with van der Waals surface area (Å²) in [6.45, 7) is 0.548. The summed E-state index contributed by atoms with van der Waals surface area (Å²) in [5, 5.41) is 9.41. The van der Waals surface area contributed by atoms with Crippen molar-refractivity contribution in [2.24, 2.45) is 0 Å². The number of hydrogen-bond acceptors (Lipinski definition) is 3. The molecule has 1 fully saturated rings. The lowest BCUT2D eigenvalue weighted by atomic mass is 10.1. The van der Waals surface area contributed by atoms with Gasteiger partial charge in [-0.2, -0.15) is 0 Å². The van der Waals surface area contributed by atoms with Crippen LogP contribution in [0.1, 0.15) is 10.4 Å². The number of carbonyl (C=O) groups is 2. The molecule has 102 valence electrons. The number of benzene rings is 1. The van der Waals surface area contributed by atoms with E-state index in [1.54, 1.807) is 18.2 Å². The highest BCUT2D eigenvalue weighted by Crippen LogP contribution is 2.24. The molecule has 1 aromatic rings. The Kier molecular flexibility index (Phi) is 4.44. The van der Waals surface area contributed by atoms with Crippen LogP contribution in [0.25, 0.3) is 0 Å². The maximum Gasteiger partial charge on any atom is 0.328 e. The molecule has 0 saturated carbocycles. The summed E-state index contributed by atoms with van der Waals surface area (Å²) in [5.41, 5.74) is 0.282. The molecule has 1 atom stereocenters. The van der Waals surface area contributed by atoms with Crippen LogP contribution in [0, 0.1) is 0 Å². The van der Waals surface area contributed by atoms with Crippen molar-refractivity contribution in [2.75, 3.05) is 19.8 Å². The second-order valence-electron chi connectivity index (χ2n) is 4.05. The van der Waals surface area contributed by atoms with E-state index in [0.717, 1.165) is 0 Å². The number of nitrogens with zero attached hydrogens (tertiary/aromatic N) is 1. The third-order valence-electron chi connectivity index (χ3n) is 2.83. The molecule has 1 saturated heterocycles. The number of carbonyl (C=O) groups excluding carboxylic acids is 1. The Morgan fingerprint density at radius 2 is 2.21 bits per heavy atom. The van der Waals surface area contributed by atoms with Crippen molar-refractivity contribution in [3.05, 3.63) is 33.3 Å². The first-order valence-corrected chi connectivity index (χ1v) is 6.74. The Morgan fingerprint density at radius 1 is 1.47 bits per heavy atom. The van der Waals surface area contributed by atoms with E-state index in [1.807, 2.05) is 0 Å². The molecule has 5 nitrogen and oxygen atoms in total. The Hall–Kier alpha value is -1.11. The number of halogens is 2. The van der Waals surface area contributed by atoms with Gasteiger partial charge in [-0.15, -0.1) is 0 Å². The van der Waals surface area contributed by atoms with E-state index in [4.69, 9.17) is 21.4 Å². The van der Waals surface area contributed by atoms with Crippen LogP contribution >= 0.6 is 27.5 Å². The first kappa shape index (κ1) is 14.3. The summed E-state index contributed by atoms with van der Waals surface area (Å²) in [6.07, 6.45) is 0. The van der Waals surface area contributed by atoms with Crippen molar-refractivity contribution in [3.63, 3.8) is 0 Å². The van der Waals surface area contributed by atoms with Crippen LogP contribution in [0.5, 0.6) is 0 Å². The van der Waals surface area contributed by atoms with Gasteiger partial charge in [-0.05, 0) is 18.2 Å². The second kappa shape index (κ2) is 5.90. The first-order chi connectivity index (χ1) is 9.00. The molecule has 1 amide bonds. The highest BCUT2D eigenvalue weighted by molar-refractivity contribution is 9.10. The monoisotopic (exact) mass is 347 g/mol. The Balaban J connectivity index is 2.31. The third-order valence-corrected chi connectivity index (χ3v) is 3.66. The molecule has 1 aromatic carbocycles. The number of morpholine rings is 1. The number of ether oxygens (including phenoxy) is 1. The van der Waals surface area contributed by atoms with E-state index in [-0.39, 0.29) is 18.7 Å². The lowest BCUT2D eigenvalue weighted by molar-refractivity contribution is -0.147. The number of hydrogen-bond donors (Lipinski definition) is 1. The molecule has 2 rings (SSSR count). The maximum absolute atomic E-state index is 12.4. The Labute approximate surface area is 123 Å². The fraction of sp³-hybridized carbons (Fsp3) is 0.333. The number of amides is 1. The van der Waals surface area contributed by atoms with Gasteiger partial charge in [-0.3, -0.25) is 4.79 Å². The second-order valence-corrected chi connectivity index (χ2v) is 5.37. The fourth-order valence-electron chi connectivity index (χ4n) is 1.87. The fourth-order valence-corrected chi connectivity index (χ4v) is 2.43. The van der Waals surface area contributed by atoms with Crippen LogP contribution in [0.3, 0.4) is 0 Å². The van der Waals surface area contributed by atoms with Gasteiger partial charge in [0.15, 0.2) is 6.04 Å². The molecule has 1 heterocycles. The number of rotatable bonds is 2. The lowest BCUT2D eigenvalue weighted by Gasteiger charge is -2.33. The molecule has 19 heavy (non-hydrogen) atoms. The molecule has 1 aliphatic heterocycles. The minimum absolute atomic E-state index is 0.00725. The highest BCUT2D eigenvalue weighted by atomic mass is 79.9. The summed E-state index contributed by atoms with van der Waals surface area (Å²) >= 11 is 9.25. The number of carboxylic acids is 1. The van der Waals surface area contributed by atoms with Gasteiger partial charge in [0.2, 0.25) is 0 Å². The zero-order chi connectivity index (χ0) is 14.0. The summed E-state index contributed by atoms with van der Waals surface area (Å²) in [5.74, 6) is -1.49. The molecule has 0 radical (unpaired) electrons. The molecule has 0 bridgehead atoms. The minimum Gasteiger partial charge on any atom is -0.480 e. The number of aliphatic carboxylic acids is 1. The van der Waals surface area contributed by atoms with Gasteiger partial charge < -0.3 is 14.7 Å². The van der Waals surface area contributed by atoms with Crippen molar-refractivity contribution in [1.82, 2.24) is 4.90 Å². The molecule has 0 aliphatic carbocycles. The van der Waals surface area contributed by atoms with Gasteiger partial charge in [0.1, 0.15) is 0 Å². The van der Waals surface area contributed by atoms with Crippen LogP contribution in [0.2, 0.25) is 5.02 Å². The third kappa shape index (κ3) is 3.08. The molecule has 0 aromatic heterocycles. The molecule has 1 N–H and O–H groups in total. The molecular weight excluding hydrogens is 337 g/mol. The van der Waals surface area contributed by atoms with Crippen molar-refractivity contribution in [2.45, 2.75) is 6.04 Å². The average Bonchev–Trinajstić information content (AvgIpc) is 2.40. The van der Waals surface area contributed by atoms with E-state index < -0.39 is 17.9 Å². The Bertz CT molecular complexity index is 522. The minimum atomic E-state index is -1.08. The van der Waals surface area contributed by atoms with E-state index in [0.29, 0.717) is 16.1 Å². The lowest BCUT2D eigenvalue weighted by Crippen LogP contribution is -2.52. The van der Waals surface area contributed by atoms with Gasteiger partial charge in [-0.25, -0.2) is 4.79 Å². The van der Waals surface area contributed by atoms with Gasteiger partial charge in [0.05, 0.1) is 23.8 Å². The number of carboxylic acid groups (broad SMARTS) is 1. The molecular formula is C12H11BrClNO4. The average molecular weight is 349 g/mol. The van der Waals surface area contributed by atoms with Crippen molar-refractivity contribution < 1.29 is 19.4 Å². The summed E-state index contributed by atoms with van der Waals surface area (Å²) < 4.78 is 5.81. The van der Waals surface area contributed by atoms with E-state index in [1.165, 1.54) is 4.90 Å². The van der Waals surface area contributed by atoms with E-state index >= 15 is 0 Å². The SMILES string of the molecule is O=C(O)[C@@H]1COCCN1C(=O)c1cc(Br)ccc1Cl. The predicted octanol–water partition coefficient (Wildman–Crippen LogP) is 2.03. The topological polar surface area (TPSA) is 66.8 Å². The van der Waals surface area contributed by atoms with E-state index in [2.05, 4.69) is 15.9 Å². The van der Waals surface area contributed by atoms with Crippen molar-refractivity contribution in [1.29, 1.82) is 0 Å². The van der Waals surface area contributed by atoms with Gasteiger partial charge in [0.25, 0.3) is 5.91 Å². The van der Waals surface area contributed by atoms with Crippen LogP contribution in [0.4, 0.5) is 0 Å². The van der Waals surface area contributed by atoms with Gasteiger partial charge >= 0.3 is 5.97 Å². The van der Waals surface area contributed by atoms with Crippen molar-refractivity contribution >= 4 is 39.4 Å². The summed E-state index contributed by atoms with van der Waals surface area (Å²) in [4.78, 5) is 24.8. The zero-order valence-corrected chi connectivity index (χ0v) is 12.1. The molecule has 1 aliphatic rings. The first-order valence-electron chi connectivity index (χ1n) is 5.57. The van der Waals surface area contributed by atoms with Crippen LogP contribution in [-0.2, 0) is 9.53 Å². The van der Waals surface area contributed by atoms with Crippen LogP contribution < -0.4 is 0 Å². The van der Waals surface area contributed by atoms with Crippen LogP contribution in [0.15, 0.2) is 22.7 Å². The van der Waals surface area contributed by atoms with E-state index in [9.17, 15) is 9.59 Å².